The molecule has 186 valence electrons. The number of ketones is 2. The number of ether oxygens (including phenoxy) is 2. The van der Waals surface area contributed by atoms with E-state index in [2.05, 4.69) is 31.6 Å². The maximum atomic E-state index is 13.1. The molecule has 34 heavy (non-hydrogen) atoms. The van der Waals surface area contributed by atoms with Gasteiger partial charge in [0.15, 0.2) is 17.2 Å². The highest BCUT2D eigenvalue weighted by Crippen LogP contribution is 2.67. The predicted molar refractivity (Wildman–Crippen MR) is 127 cm³/mol. The number of Topliss-reactive ketones (excluding diaryl/α,β-unsaturated/α-hetero) is 1. The number of rotatable bonds is 6. The fourth-order valence-electron chi connectivity index (χ4n) is 7.96. The second kappa shape index (κ2) is 8.76. The van der Waals surface area contributed by atoms with Crippen LogP contribution in [0.5, 0.6) is 0 Å². The van der Waals surface area contributed by atoms with E-state index in [0.29, 0.717) is 31.1 Å². The van der Waals surface area contributed by atoms with E-state index in [1.807, 2.05) is 6.08 Å². The summed E-state index contributed by atoms with van der Waals surface area (Å²) in [5.41, 5.74) is 0.802. The molecule has 4 aliphatic carbocycles. The zero-order chi connectivity index (χ0) is 24.9. The van der Waals surface area contributed by atoms with Crippen LogP contribution >= 0.6 is 0 Å². The van der Waals surface area contributed by atoms with Crippen molar-refractivity contribution < 1.29 is 28.7 Å². The Labute approximate surface area is 202 Å². The van der Waals surface area contributed by atoms with Crippen LogP contribution in [0.3, 0.4) is 0 Å². The molecule has 0 bridgehead atoms. The molecule has 0 aromatic carbocycles. The third kappa shape index (κ3) is 3.68. The Morgan fingerprint density at radius 3 is 2.38 bits per heavy atom. The lowest BCUT2D eigenvalue weighted by Gasteiger charge is -2.58. The Hall–Kier alpha value is -2.24. The fourth-order valence-corrected chi connectivity index (χ4v) is 7.96. The summed E-state index contributed by atoms with van der Waals surface area (Å²) < 4.78 is 10.7. The molecule has 6 heteroatoms. The van der Waals surface area contributed by atoms with E-state index in [4.69, 9.17) is 4.74 Å². The van der Waals surface area contributed by atoms with Gasteiger partial charge < -0.3 is 9.47 Å². The third-order valence-electron chi connectivity index (χ3n) is 9.80. The number of carbonyl (C=O) groups excluding carboxylic acids is 4. The molecule has 2 saturated carbocycles. The normalized spacial score (nSPS) is 38.6. The molecule has 0 saturated heterocycles. The number of hydrogen-bond donors (Lipinski definition) is 0. The first kappa shape index (κ1) is 24.9. The van der Waals surface area contributed by atoms with E-state index < -0.39 is 17.0 Å². The number of allylic oxidation sites excluding steroid dienone is 4. The maximum Gasteiger partial charge on any atom is 0.306 e. The smallest absolute Gasteiger partial charge is 0.306 e. The monoisotopic (exact) mass is 470 g/mol. The second-order valence-electron chi connectivity index (χ2n) is 11.4. The van der Waals surface area contributed by atoms with E-state index in [-0.39, 0.29) is 41.7 Å². The van der Waals surface area contributed by atoms with E-state index in [1.165, 1.54) is 18.3 Å². The molecule has 0 radical (unpaired) electrons. The first-order chi connectivity index (χ1) is 16.0. The summed E-state index contributed by atoms with van der Waals surface area (Å²) in [5, 5.41) is 0. The summed E-state index contributed by atoms with van der Waals surface area (Å²) in [6, 6.07) is 0. The molecule has 4 rings (SSSR count). The van der Waals surface area contributed by atoms with Crippen LogP contribution < -0.4 is 0 Å². The van der Waals surface area contributed by atoms with Gasteiger partial charge in [-0.3, -0.25) is 19.2 Å². The van der Waals surface area contributed by atoms with Crippen LogP contribution in [0.15, 0.2) is 23.3 Å². The Morgan fingerprint density at radius 2 is 1.71 bits per heavy atom. The van der Waals surface area contributed by atoms with Crippen LogP contribution in [-0.4, -0.2) is 36.2 Å². The highest BCUT2D eigenvalue weighted by atomic mass is 16.6. The molecule has 2 fully saturated rings. The van der Waals surface area contributed by atoms with Crippen LogP contribution in [0.2, 0.25) is 0 Å². The first-order valence-corrected chi connectivity index (χ1v) is 12.7. The van der Waals surface area contributed by atoms with Gasteiger partial charge in [-0.15, -0.1) is 0 Å². The minimum absolute atomic E-state index is 0.0230. The second-order valence-corrected chi connectivity index (χ2v) is 11.4. The van der Waals surface area contributed by atoms with Crippen LogP contribution in [0.4, 0.5) is 0 Å². The lowest BCUT2D eigenvalue weighted by atomic mass is 9.47. The van der Waals surface area contributed by atoms with Crippen LogP contribution in [-0.2, 0) is 28.7 Å². The summed E-state index contributed by atoms with van der Waals surface area (Å²) in [6.07, 6.45) is 9.41. The van der Waals surface area contributed by atoms with Crippen molar-refractivity contribution in [1.29, 1.82) is 0 Å². The molecule has 0 aliphatic heterocycles. The summed E-state index contributed by atoms with van der Waals surface area (Å²) in [6.45, 7) is 8.12. The molecule has 0 amide bonds. The minimum atomic E-state index is -1.12. The molecule has 4 aliphatic rings. The van der Waals surface area contributed by atoms with E-state index in [1.54, 1.807) is 6.92 Å². The highest BCUT2D eigenvalue weighted by molar-refractivity contribution is 5.92. The molecule has 0 spiro atoms. The summed E-state index contributed by atoms with van der Waals surface area (Å²) in [4.78, 5) is 49.5. The van der Waals surface area contributed by atoms with Gasteiger partial charge in [-0.2, -0.15) is 0 Å². The van der Waals surface area contributed by atoms with Gasteiger partial charge in [-0.1, -0.05) is 25.5 Å². The maximum absolute atomic E-state index is 13.1. The van der Waals surface area contributed by atoms with Crippen LogP contribution in [0, 0.1) is 28.6 Å². The average molecular weight is 471 g/mol. The van der Waals surface area contributed by atoms with Gasteiger partial charge in [0.2, 0.25) is 0 Å². The van der Waals surface area contributed by atoms with Gasteiger partial charge in [0.05, 0.1) is 7.11 Å². The highest BCUT2D eigenvalue weighted by Gasteiger charge is 2.67. The topological polar surface area (TPSA) is 86.7 Å². The van der Waals surface area contributed by atoms with Gasteiger partial charge in [0.25, 0.3) is 0 Å². The van der Waals surface area contributed by atoms with Crippen LogP contribution in [0.25, 0.3) is 0 Å². The summed E-state index contributed by atoms with van der Waals surface area (Å²) >= 11 is 0. The van der Waals surface area contributed by atoms with Gasteiger partial charge in [0, 0.05) is 24.7 Å². The van der Waals surface area contributed by atoms with Gasteiger partial charge in [-0.25, -0.2) is 0 Å². The Bertz CT molecular complexity index is 975. The SMILES string of the molecule is COC(=O)CCCC(=O)O[C@]1(C(C)=O)CC[C@H]2[C@@H]3C=C(C)C4=CC(=O)CC[C@]4(C)[C@H]3CC[C@@]21C. The molecule has 0 unspecified atom stereocenters. The van der Waals surface area contributed by atoms with E-state index in [0.717, 1.165) is 25.7 Å². The molecule has 6 nitrogen and oxygen atoms in total. The molecule has 6 atom stereocenters. The molecule has 0 heterocycles. The lowest BCUT2D eigenvalue weighted by Crippen LogP contribution is -2.58. The predicted octanol–water partition coefficient (Wildman–Crippen LogP) is 4.90. The molecule has 0 aromatic rings. The van der Waals surface area contributed by atoms with Crippen LogP contribution in [0.1, 0.15) is 85.5 Å². The first-order valence-electron chi connectivity index (χ1n) is 12.7. The fraction of sp³-hybridized carbons (Fsp3) is 0.714. The molecule has 0 N–H and O–H groups in total. The van der Waals surface area contributed by atoms with E-state index in [9.17, 15) is 19.2 Å². The van der Waals surface area contributed by atoms with Crippen molar-refractivity contribution in [3.8, 4) is 0 Å². The van der Waals surface area contributed by atoms with Crippen molar-refractivity contribution in [1.82, 2.24) is 0 Å². The standard InChI is InChI=1S/C28H38O6/c1-17-15-20-21(26(3)12-9-19(30)16-23(17)26)10-13-27(4)22(20)11-14-28(27,18(2)29)34-25(32)8-6-7-24(31)33-5/h15-16,20-22H,6-14H2,1-5H3/t20-,21+,22+,26-,27+,28+/m1/s1. The van der Waals surface area contributed by atoms with E-state index >= 15 is 0 Å². The quantitative estimate of drug-likeness (QED) is 0.513. The van der Waals surface area contributed by atoms with Crippen molar-refractivity contribution in [3.05, 3.63) is 23.3 Å². The van der Waals surface area contributed by atoms with Gasteiger partial charge >= 0.3 is 11.9 Å². The molecular formula is C28H38O6. The zero-order valence-electron chi connectivity index (χ0n) is 21.2. The Morgan fingerprint density at radius 1 is 1.03 bits per heavy atom. The van der Waals surface area contributed by atoms with Crippen molar-refractivity contribution in [3.63, 3.8) is 0 Å². The largest absolute Gasteiger partial charge is 0.469 e. The number of esters is 2. The lowest BCUT2D eigenvalue weighted by molar-refractivity contribution is -0.187. The minimum Gasteiger partial charge on any atom is -0.469 e. The van der Waals surface area contributed by atoms with Crippen molar-refractivity contribution >= 4 is 23.5 Å². The number of methoxy groups -OCH3 is 1. The number of hydrogen-bond acceptors (Lipinski definition) is 6. The summed E-state index contributed by atoms with van der Waals surface area (Å²) in [7, 11) is 1.33. The summed E-state index contributed by atoms with van der Waals surface area (Å²) in [5.74, 6) is 0.329. The van der Waals surface area contributed by atoms with Crippen molar-refractivity contribution in [2.24, 2.45) is 28.6 Å². The zero-order valence-corrected chi connectivity index (χ0v) is 21.2. The molecular weight excluding hydrogens is 432 g/mol. The number of carbonyl (C=O) groups is 4. The number of fused-ring (bicyclic) bond motifs is 5. The van der Waals surface area contributed by atoms with Gasteiger partial charge in [0.1, 0.15) is 0 Å². The average Bonchev–Trinajstić information content (AvgIpc) is 3.08. The van der Waals surface area contributed by atoms with Crippen molar-refractivity contribution in [2.45, 2.75) is 91.1 Å². The Balaban J connectivity index is 1.61. The van der Waals surface area contributed by atoms with Crippen molar-refractivity contribution in [2.75, 3.05) is 7.11 Å². The molecule has 0 aromatic heterocycles. The van der Waals surface area contributed by atoms with Gasteiger partial charge in [-0.05, 0) is 87.2 Å². The Kier molecular flexibility index (Phi) is 6.41. The third-order valence-corrected chi connectivity index (χ3v) is 9.80.